The van der Waals surface area contributed by atoms with Gasteiger partial charge in [-0.1, -0.05) is 38.4 Å². The van der Waals surface area contributed by atoms with Gasteiger partial charge >= 0.3 is 6.03 Å². The summed E-state index contributed by atoms with van der Waals surface area (Å²) in [5, 5.41) is 3.06. The summed E-state index contributed by atoms with van der Waals surface area (Å²) in [6.07, 6.45) is 2.85. The second-order valence-electron chi connectivity index (χ2n) is 9.49. The summed E-state index contributed by atoms with van der Waals surface area (Å²) in [4.78, 5) is 40.5. The molecule has 1 aromatic rings. The van der Waals surface area contributed by atoms with E-state index in [0.717, 1.165) is 17.7 Å². The van der Waals surface area contributed by atoms with E-state index in [2.05, 4.69) is 26.1 Å². The fraction of sp³-hybridized carbons (Fsp3) is 0.591. The minimum absolute atomic E-state index is 0.0492. The molecule has 1 heterocycles. The van der Waals surface area contributed by atoms with Crippen LogP contribution < -0.4 is 5.32 Å². The Morgan fingerprint density at radius 3 is 2.50 bits per heavy atom. The van der Waals surface area contributed by atoms with Crippen molar-refractivity contribution in [2.45, 2.75) is 58.5 Å². The SMILES string of the molecule is CN(Cc1c(F)cccc1Cl)C(=O)CN1C(=O)NC2(CCC(C(C)(C)C)CC2)C1=O. The highest BCUT2D eigenvalue weighted by atomic mass is 35.5. The average Bonchev–Trinajstić information content (AvgIpc) is 2.88. The van der Waals surface area contributed by atoms with Crippen molar-refractivity contribution in [2.24, 2.45) is 11.3 Å². The van der Waals surface area contributed by atoms with E-state index in [1.165, 1.54) is 24.1 Å². The number of halogens is 2. The summed E-state index contributed by atoms with van der Waals surface area (Å²) in [7, 11) is 1.49. The standard InChI is InChI=1S/C22H29ClFN3O3/c1-21(2,3)14-8-10-22(11-9-14)19(29)27(20(30)25-22)13-18(28)26(4)12-15-16(23)6-5-7-17(15)24/h5-7,14H,8-13H2,1-4H3,(H,25,30). The molecule has 1 aromatic carbocycles. The number of amides is 4. The maximum absolute atomic E-state index is 14.0. The summed E-state index contributed by atoms with van der Waals surface area (Å²) in [6, 6.07) is 3.77. The average molecular weight is 438 g/mol. The normalized spacial score (nSPS) is 24.3. The molecule has 1 N–H and O–H groups in total. The number of imide groups is 1. The van der Waals surface area contributed by atoms with E-state index in [-0.39, 0.29) is 35.0 Å². The fourth-order valence-electron chi connectivity index (χ4n) is 4.40. The van der Waals surface area contributed by atoms with Gasteiger partial charge in [-0.15, -0.1) is 0 Å². The number of nitrogens with one attached hydrogen (secondary N) is 1. The maximum atomic E-state index is 14.0. The Labute approximate surface area is 181 Å². The predicted octanol–water partition coefficient (Wildman–Crippen LogP) is 3.96. The van der Waals surface area contributed by atoms with Crippen LogP contribution in [-0.2, 0) is 16.1 Å². The van der Waals surface area contributed by atoms with Gasteiger partial charge in [0, 0.05) is 24.2 Å². The first-order chi connectivity index (χ1) is 13.9. The van der Waals surface area contributed by atoms with Gasteiger partial charge in [-0.25, -0.2) is 9.18 Å². The van der Waals surface area contributed by atoms with E-state index >= 15 is 0 Å². The van der Waals surface area contributed by atoms with Gasteiger partial charge in [-0.2, -0.15) is 0 Å². The molecule has 164 valence electrons. The molecule has 6 nitrogen and oxygen atoms in total. The first kappa shape index (κ1) is 22.5. The number of carbonyl (C=O) groups excluding carboxylic acids is 3. The van der Waals surface area contributed by atoms with Gasteiger partial charge in [0.05, 0.1) is 0 Å². The van der Waals surface area contributed by atoms with E-state index in [9.17, 15) is 18.8 Å². The van der Waals surface area contributed by atoms with E-state index in [4.69, 9.17) is 11.6 Å². The number of hydrogen-bond donors (Lipinski definition) is 1. The molecule has 2 aliphatic rings. The molecule has 2 fully saturated rings. The van der Waals surface area contributed by atoms with Crippen molar-refractivity contribution in [3.05, 3.63) is 34.6 Å². The van der Waals surface area contributed by atoms with E-state index in [1.54, 1.807) is 6.07 Å². The summed E-state index contributed by atoms with van der Waals surface area (Å²) in [5.74, 6) is -0.823. The Hall–Kier alpha value is -2.15. The van der Waals surface area contributed by atoms with E-state index in [0.29, 0.717) is 18.8 Å². The Morgan fingerprint density at radius 2 is 1.93 bits per heavy atom. The Morgan fingerprint density at radius 1 is 1.30 bits per heavy atom. The van der Waals surface area contributed by atoms with Crippen LogP contribution in [0.3, 0.4) is 0 Å². The Bertz CT molecular complexity index is 839. The van der Waals surface area contributed by atoms with Gasteiger partial charge in [0.25, 0.3) is 5.91 Å². The lowest BCUT2D eigenvalue weighted by atomic mass is 9.67. The molecule has 1 aliphatic carbocycles. The molecule has 1 saturated carbocycles. The van der Waals surface area contributed by atoms with Gasteiger partial charge in [0.2, 0.25) is 5.91 Å². The highest BCUT2D eigenvalue weighted by Gasteiger charge is 2.53. The molecule has 1 spiro atoms. The van der Waals surface area contributed by atoms with Gasteiger partial charge in [0.1, 0.15) is 17.9 Å². The highest BCUT2D eigenvalue weighted by molar-refractivity contribution is 6.31. The number of nitrogens with zero attached hydrogens (tertiary/aromatic N) is 2. The van der Waals surface area contributed by atoms with Crippen molar-refractivity contribution in [1.82, 2.24) is 15.1 Å². The molecule has 0 unspecified atom stereocenters. The van der Waals surface area contributed by atoms with E-state index in [1.807, 2.05) is 0 Å². The lowest BCUT2D eigenvalue weighted by molar-refractivity contribution is -0.139. The highest BCUT2D eigenvalue weighted by Crippen LogP contribution is 2.43. The number of hydrogen-bond acceptors (Lipinski definition) is 3. The molecule has 4 amide bonds. The lowest BCUT2D eigenvalue weighted by Crippen LogP contribution is -2.51. The van der Waals surface area contributed by atoms with Crippen molar-refractivity contribution < 1.29 is 18.8 Å². The second kappa shape index (κ2) is 8.17. The third-order valence-electron chi connectivity index (χ3n) is 6.49. The molecule has 0 atom stereocenters. The van der Waals surface area contributed by atoms with Crippen LogP contribution in [0.4, 0.5) is 9.18 Å². The largest absolute Gasteiger partial charge is 0.340 e. The molecule has 1 aliphatic heterocycles. The number of likely N-dealkylation sites (N-methyl/N-ethyl adjacent to an activating group) is 1. The zero-order valence-electron chi connectivity index (χ0n) is 17.9. The minimum atomic E-state index is -0.910. The number of urea groups is 1. The number of rotatable bonds is 4. The van der Waals surface area contributed by atoms with Gasteiger partial charge in [0.15, 0.2) is 0 Å². The predicted molar refractivity (Wildman–Crippen MR) is 112 cm³/mol. The fourth-order valence-corrected chi connectivity index (χ4v) is 4.62. The monoisotopic (exact) mass is 437 g/mol. The summed E-state index contributed by atoms with van der Waals surface area (Å²) >= 11 is 6.03. The molecule has 3 rings (SSSR count). The van der Waals surface area contributed by atoms with Gasteiger partial charge in [-0.3, -0.25) is 14.5 Å². The van der Waals surface area contributed by atoms with Crippen molar-refractivity contribution >= 4 is 29.4 Å². The molecular formula is C22H29ClFN3O3. The van der Waals surface area contributed by atoms with Gasteiger partial charge < -0.3 is 10.2 Å². The van der Waals surface area contributed by atoms with Crippen molar-refractivity contribution in [1.29, 1.82) is 0 Å². The second-order valence-corrected chi connectivity index (χ2v) is 9.90. The van der Waals surface area contributed by atoms with Crippen molar-refractivity contribution in [3.63, 3.8) is 0 Å². The topological polar surface area (TPSA) is 69.7 Å². The van der Waals surface area contributed by atoms with Crippen molar-refractivity contribution in [2.75, 3.05) is 13.6 Å². The minimum Gasteiger partial charge on any atom is -0.340 e. The zero-order chi connectivity index (χ0) is 22.3. The van der Waals surface area contributed by atoms with Crippen LogP contribution >= 0.6 is 11.6 Å². The first-order valence-electron chi connectivity index (χ1n) is 10.3. The molecule has 8 heteroatoms. The van der Waals surface area contributed by atoms with Gasteiger partial charge in [-0.05, 0) is 49.1 Å². The summed E-state index contributed by atoms with van der Waals surface area (Å²) in [5.41, 5.74) is -0.559. The van der Waals surface area contributed by atoms with Crippen LogP contribution in [0.25, 0.3) is 0 Å². The molecule has 1 saturated heterocycles. The third-order valence-corrected chi connectivity index (χ3v) is 6.84. The third kappa shape index (κ3) is 4.31. The van der Waals surface area contributed by atoms with Crippen LogP contribution in [0.5, 0.6) is 0 Å². The quantitative estimate of drug-likeness (QED) is 0.725. The molecule has 0 aromatic heterocycles. The summed E-state index contributed by atoms with van der Waals surface area (Å²) < 4.78 is 14.0. The zero-order valence-corrected chi connectivity index (χ0v) is 18.7. The molecule has 0 bridgehead atoms. The summed E-state index contributed by atoms with van der Waals surface area (Å²) in [6.45, 7) is 6.14. The Kier molecular flexibility index (Phi) is 6.14. The van der Waals surface area contributed by atoms with E-state index < -0.39 is 23.3 Å². The number of carbonyl (C=O) groups is 3. The maximum Gasteiger partial charge on any atom is 0.325 e. The van der Waals surface area contributed by atoms with Crippen LogP contribution in [0.15, 0.2) is 18.2 Å². The molecular weight excluding hydrogens is 409 g/mol. The van der Waals surface area contributed by atoms with Crippen LogP contribution in [0, 0.1) is 17.2 Å². The van der Waals surface area contributed by atoms with Crippen molar-refractivity contribution in [3.8, 4) is 0 Å². The van der Waals surface area contributed by atoms with Crippen LogP contribution in [0.1, 0.15) is 52.0 Å². The number of benzene rings is 1. The lowest BCUT2D eigenvalue weighted by Gasteiger charge is -2.40. The smallest absolute Gasteiger partial charge is 0.325 e. The first-order valence-corrected chi connectivity index (χ1v) is 10.6. The van der Waals surface area contributed by atoms with Crippen LogP contribution in [-0.4, -0.2) is 46.8 Å². The molecule has 30 heavy (non-hydrogen) atoms. The Balaban J connectivity index is 1.65. The molecule has 0 radical (unpaired) electrons. The van der Waals surface area contributed by atoms with Crippen LogP contribution in [0.2, 0.25) is 5.02 Å².